The van der Waals surface area contributed by atoms with Gasteiger partial charge in [0, 0.05) is 12.3 Å². The van der Waals surface area contributed by atoms with E-state index in [2.05, 4.69) is 10.3 Å². The monoisotopic (exact) mass is 297 g/mol. The molecule has 8 heteroatoms. The number of aromatic nitrogens is 1. The van der Waals surface area contributed by atoms with Gasteiger partial charge in [0.25, 0.3) is 11.6 Å². The van der Waals surface area contributed by atoms with Gasteiger partial charge in [-0.25, -0.2) is 4.98 Å². The lowest BCUT2D eigenvalue weighted by Crippen LogP contribution is -2.11. The van der Waals surface area contributed by atoms with Crippen molar-refractivity contribution in [1.82, 2.24) is 4.98 Å². The maximum Gasteiger partial charge on any atom is 0.299 e. The summed E-state index contributed by atoms with van der Waals surface area (Å²) in [7, 11) is 0. The number of thiophene rings is 1. The van der Waals surface area contributed by atoms with Gasteiger partial charge >= 0.3 is 0 Å². The van der Waals surface area contributed by atoms with Crippen molar-refractivity contribution in [1.29, 1.82) is 0 Å². The molecule has 0 radical (unpaired) electrons. The van der Waals surface area contributed by atoms with Crippen molar-refractivity contribution < 1.29 is 9.72 Å². The summed E-state index contributed by atoms with van der Waals surface area (Å²) in [5, 5.41) is 13.2. The molecular weight excluding hydrogens is 290 g/mol. The standard InChI is InChI=1S/C11H8ClN3O3S/c1-6-2-3-9(13-5-6)14-11(16)8-4-7(15(17)18)10(12)19-8/h2-5H,1H3,(H,13,14,16). The van der Waals surface area contributed by atoms with Crippen LogP contribution >= 0.6 is 22.9 Å². The molecule has 0 aliphatic carbocycles. The third-order valence-corrected chi connectivity index (χ3v) is 3.58. The van der Waals surface area contributed by atoms with Gasteiger partial charge in [-0.3, -0.25) is 14.9 Å². The number of nitrogens with one attached hydrogen (secondary N) is 1. The molecular formula is C11H8ClN3O3S. The first-order chi connectivity index (χ1) is 8.97. The van der Waals surface area contributed by atoms with Crippen LogP contribution in [0.5, 0.6) is 0 Å². The average molecular weight is 298 g/mol. The van der Waals surface area contributed by atoms with Crippen molar-refractivity contribution >= 4 is 40.4 Å². The molecule has 0 atom stereocenters. The van der Waals surface area contributed by atoms with E-state index in [-0.39, 0.29) is 14.9 Å². The maximum atomic E-state index is 11.9. The lowest BCUT2D eigenvalue weighted by molar-refractivity contribution is -0.384. The molecule has 0 spiro atoms. The Morgan fingerprint density at radius 1 is 1.53 bits per heavy atom. The van der Waals surface area contributed by atoms with Gasteiger partial charge in [-0.15, -0.1) is 11.3 Å². The number of hydrogen-bond donors (Lipinski definition) is 1. The van der Waals surface area contributed by atoms with Gasteiger partial charge in [0.2, 0.25) is 0 Å². The van der Waals surface area contributed by atoms with Crippen molar-refractivity contribution in [2.45, 2.75) is 6.92 Å². The summed E-state index contributed by atoms with van der Waals surface area (Å²) in [6.07, 6.45) is 1.61. The molecule has 98 valence electrons. The van der Waals surface area contributed by atoms with Crippen LogP contribution < -0.4 is 5.32 Å². The molecule has 0 aliphatic rings. The minimum atomic E-state index is -0.625. The van der Waals surface area contributed by atoms with Crippen molar-refractivity contribution in [3.05, 3.63) is 49.3 Å². The Labute approximate surface area is 117 Å². The molecule has 0 saturated carbocycles. The zero-order valence-corrected chi connectivity index (χ0v) is 11.3. The summed E-state index contributed by atoms with van der Waals surface area (Å²) in [6.45, 7) is 1.88. The zero-order valence-electron chi connectivity index (χ0n) is 9.71. The van der Waals surface area contributed by atoms with Gasteiger partial charge in [0.1, 0.15) is 10.7 Å². The number of carbonyl (C=O) groups is 1. The highest BCUT2D eigenvalue weighted by Crippen LogP contribution is 2.33. The van der Waals surface area contributed by atoms with Crippen molar-refractivity contribution in [3.63, 3.8) is 0 Å². The summed E-state index contributed by atoms with van der Waals surface area (Å²) < 4.78 is -0.0213. The smallest absolute Gasteiger partial charge is 0.299 e. The molecule has 2 aromatic heterocycles. The number of nitrogens with zero attached hydrogens (tertiary/aromatic N) is 2. The maximum absolute atomic E-state index is 11.9. The van der Waals surface area contributed by atoms with Gasteiger partial charge in [-0.05, 0) is 18.6 Å². The Bertz CT molecular complexity index is 639. The first-order valence-electron chi connectivity index (χ1n) is 5.15. The second-order valence-electron chi connectivity index (χ2n) is 3.70. The lowest BCUT2D eigenvalue weighted by atomic mass is 10.3. The molecule has 1 amide bonds. The van der Waals surface area contributed by atoms with Gasteiger partial charge < -0.3 is 5.32 Å². The van der Waals surface area contributed by atoms with Crippen LogP contribution in [-0.4, -0.2) is 15.8 Å². The van der Waals surface area contributed by atoms with E-state index in [1.54, 1.807) is 18.3 Å². The SMILES string of the molecule is Cc1ccc(NC(=O)c2cc([N+](=O)[O-])c(Cl)s2)nc1. The molecule has 0 bridgehead atoms. The van der Waals surface area contributed by atoms with E-state index in [1.807, 2.05) is 6.92 Å². The molecule has 19 heavy (non-hydrogen) atoms. The number of halogens is 1. The topological polar surface area (TPSA) is 85.1 Å². The fourth-order valence-electron chi connectivity index (χ4n) is 1.32. The van der Waals surface area contributed by atoms with Crippen LogP contribution in [0.2, 0.25) is 4.34 Å². The summed E-state index contributed by atoms with van der Waals surface area (Å²) in [6, 6.07) is 4.60. The van der Waals surface area contributed by atoms with E-state index in [0.29, 0.717) is 5.82 Å². The summed E-state index contributed by atoms with van der Waals surface area (Å²) >= 11 is 6.55. The van der Waals surface area contributed by atoms with Gasteiger partial charge in [-0.1, -0.05) is 17.7 Å². The fraction of sp³-hybridized carbons (Fsp3) is 0.0909. The molecule has 2 aromatic rings. The third kappa shape index (κ3) is 3.07. The minimum Gasteiger partial charge on any atom is -0.306 e. The summed E-state index contributed by atoms with van der Waals surface area (Å²) in [5.41, 5.74) is 0.696. The lowest BCUT2D eigenvalue weighted by Gasteiger charge is -2.01. The van der Waals surface area contributed by atoms with Crippen LogP contribution in [0.15, 0.2) is 24.4 Å². The van der Waals surface area contributed by atoms with Crippen LogP contribution in [0, 0.1) is 17.0 Å². The van der Waals surface area contributed by atoms with Crippen LogP contribution in [0.1, 0.15) is 15.2 Å². The van der Waals surface area contributed by atoms with Crippen LogP contribution in [0.25, 0.3) is 0 Å². The third-order valence-electron chi connectivity index (χ3n) is 2.24. The van der Waals surface area contributed by atoms with Gasteiger partial charge in [0.15, 0.2) is 4.34 Å². The Morgan fingerprint density at radius 2 is 2.26 bits per heavy atom. The number of rotatable bonds is 3. The predicted molar refractivity (Wildman–Crippen MR) is 72.9 cm³/mol. The van der Waals surface area contributed by atoms with Crippen LogP contribution in [0.4, 0.5) is 11.5 Å². The molecule has 0 aliphatic heterocycles. The highest BCUT2D eigenvalue weighted by atomic mass is 35.5. The number of amides is 1. The highest BCUT2D eigenvalue weighted by molar-refractivity contribution is 7.18. The fourth-order valence-corrected chi connectivity index (χ4v) is 2.43. The Balaban J connectivity index is 2.18. The molecule has 2 rings (SSSR count). The molecule has 0 saturated heterocycles. The molecule has 0 fully saturated rings. The Hall–Kier alpha value is -1.99. The second kappa shape index (κ2) is 5.33. The minimum absolute atomic E-state index is 0.0213. The average Bonchev–Trinajstić information content (AvgIpc) is 2.74. The zero-order chi connectivity index (χ0) is 14.0. The van der Waals surface area contributed by atoms with E-state index in [1.165, 1.54) is 0 Å². The van der Waals surface area contributed by atoms with E-state index in [0.717, 1.165) is 23.0 Å². The van der Waals surface area contributed by atoms with Crippen molar-refractivity contribution in [2.24, 2.45) is 0 Å². The molecule has 0 unspecified atom stereocenters. The van der Waals surface area contributed by atoms with Crippen molar-refractivity contribution in [2.75, 3.05) is 5.32 Å². The second-order valence-corrected chi connectivity index (χ2v) is 5.36. The van der Waals surface area contributed by atoms with Crippen molar-refractivity contribution in [3.8, 4) is 0 Å². The highest BCUT2D eigenvalue weighted by Gasteiger charge is 2.21. The first-order valence-corrected chi connectivity index (χ1v) is 6.34. The number of nitro groups is 1. The molecule has 0 aromatic carbocycles. The number of aryl methyl sites for hydroxylation is 1. The molecule has 6 nitrogen and oxygen atoms in total. The number of anilines is 1. The number of pyridine rings is 1. The molecule has 2 heterocycles. The largest absolute Gasteiger partial charge is 0.306 e. The predicted octanol–water partition coefficient (Wildman–Crippen LogP) is 3.27. The number of carbonyl (C=O) groups excluding carboxylic acids is 1. The first kappa shape index (κ1) is 13.4. The van der Waals surface area contributed by atoms with E-state index < -0.39 is 10.8 Å². The molecule has 1 N–H and O–H groups in total. The summed E-state index contributed by atoms with van der Waals surface area (Å²) in [4.78, 5) is 26.1. The number of hydrogen-bond acceptors (Lipinski definition) is 5. The normalized spacial score (nSPS) is 10.2. The Kier molecular flexibility index (Phi) is 3.77. The quantitative estimate of drug-likeness (QED) is 0.696. The van der Waals surface area contributed by atoms with E-state index in [4.69, 9.17) is 11.6 Å². The van der Waals surface area contributed by atoms with Gasteiger partial charge in [0.05, 0.1) is 4.92 Å². The van der Waals surface area contributed by atoms with Gasteiger partial charge in [-0.2, -0.15) is 0 Å². The van der Waals surface area contributed by atoms with E-state index >= 15 is 0 Å². The van der Waals surface area contributed by atoms with E-state index in [9.17, 15) is 14.9 Å². The van der Waals surface area contributed by atoms with Crippen LogP contribution in [-0.2, 0) is 0 Å². The summed E-state index contributed by atoms with van der Waals surface area (Å²) in [5.74, 6) is -0.0980. The Morgan fingerprint density at radius 3 is 2.79 bits per heavy atom. The van der Waals surface area contributed by atoms with Crippen LogP contribution in [0.3, 0.4) is 0 Å².